The van der Waals surface area contributed by atoms with Gasteiger partial charge in [0.05, 0.1) is 6.54 Å². The molecule has 1 N–H and O–H groups in total. The minimum Gasteiger partial charge on any atom is -0.444 e. The van der Waals surface area contributed by atoms with Crippen LogP contribution < -0.4 is 5.32 Å². The number of hydrogen-bond donors (Lipinski definition) is 1. The molecule has 5 rings (SSSR count). The maximum absolute atomic E-state index is 13.3. The predicted octanol–water partition coefficient (Wildman–Crippen LogP) is 5.13. The van der Waals surface area contributed by atoms with Crippen LogP contribution in [0.15, 0.2) is 28.7 Å². The fourth-order valence-electron chi connectivity index (χ4n) is 5.89. The smallest absolute Gasteiger partial charge is 0.410 e. The molecule has 6 nitrogen and oxygen atoms in total. The van der Waals surface area contributed by atoms with Gasteiger partial charge in [-0.2, -0.15) is 0 Å². The number of carbonyl (C=O) groups excluding carboxylic acids is 3. The van der Waals surface area contributed by atoms with Crippen molar-refractivity contribution in [2.45, 2.75) is 89.2 Å². The van der Waals surface area contributed by atoms with E-state index >= 15 is 0 Å². The Balaban J connectivity index is 1.33. The van der Waals surface area contributed by atoms with E-state index < -0.39 is 17.7 Å². The number of rotatable bonds is 5. The molecule has 1 aliphatic heterocycles. The van der Waals surface area contributed by atoms with Crippen LogP contribution in [0.3, 0.4) is 0 Å². The standard InChI is InChI=1S/C26H35BrN2O4/c1-24(2,3)33-23(32)29-16-4-5-20(29)22(31)28-17-21(30)26-13-10-25(11-14-26,12-15-26)18-6-8-19(27)9-7-18/h6-9,20H,4-5,10-17H2,1-3H3,(H,28,31)/t20-,25?,26?/m0/s1. The Labute approximate surface area is 204 Å². The predicted molar refractivity (Wildman–Crippen MR) is 130 cm³/mol. The van der Waals surface area contributed by atoms with Gasteiger partial charge in [-0.15, -0.1) is 0 Å². The lowest BCUT2D eigenvalue weighted by atomic mass is 9.51. The van der Waals surface area contributed by atoms with Crippen LogP contribution in [0.25, 0.3) is 0 Å². The molecule has 0 aromatic heterocycles. The molecule has 180 valence electrons. The molecule has 1 atom stereocenters. The van der Waals surface area contributed by atoms with Gasteiger partial charge in [0.1, 0.15) is 11.6 Å². The van der Waals surface area contributed by atoms with Gasteiger partial charge < -0.3 is 10.1 Å². The highest BCUT2D eigenvalue weighted by molar-refractivity contribution is 9.10. The number of nitrogens with zero attached hydrogens (tertiary/aromatic N) is 1. The maximum Gasteiger partial charge on any atom is 0.410 e. The second-order valence-electron chi connectivity index (χ2n) is 11.0. The van der Waals surface area contributed by atoms with Crippen molar-refractivity contribution in [3.63, 3.8) is 0 Å². The van der Waals surface area contributed by atoms with Crippen molar-refractivity contribution in [2.24, 2.45) is 5.41 Å². The highest BCUT2D eigenvalue weighted by atomic mass is 79.9. The van der Waals surface area contributed by atoms with Crippen LogP contribution in [-0.4, -0.2) is 47.4 Å². The molecule has 33 heavy (non-hydrogen) atoms. The number of Topliss-reactive ketones (excluding diaryl/α,β-unsaturated/α-hetero) is 1. The monoisotopic (exact) mass is 518 g/mol. The van der Waals surface area contributed by atoms with Crippen molar-refractivity contribution >= 4 is 33.7 Å². The van der Waals surface area contributed by atoms with Crippen molar-refractivity contribution < 1.29 is 19.1 Å². The van der Waals surface area contributed by atoms with Gasteiger partial charge in [0, 0.05) is 16.4 Å². The molecule has 0 spiro atoms. The highest BCUT2D eigenvalue weighted by Gasteiger charge is 2.52. The second kappa shape index (κ2) is 9.05. The van der Waals surface area contributed by atoms with E-state index in [-0.39, 0.29) is 29.1 Å². The van der Waals surface area contributed by atoms with Crippen LogP contribution in [0.4, 0.5) is 4.79 Å². The Morgan fingerprint density at radius 1 is 1.06 bits per heavy atom. The summed E-state index contributed by atoms with van der Waals surface area (Å²) in [5.41, 5.74) is 0.640. The first-order valence-electron chi connectivity index (χ1n) is 12.1. The van der Waals surface area contributed by atoms with Crippen LogP contribution in [0.5, 0.6) is 0 Å². The average molecular weight is 519 g/mol. The maximum atomic E-state index is 13.3. The zero-order valence-corrected chi connectivity index (χ0v) is 21.5. The van der Waals surface area contributed by atoms with Crippen LogP contribution in [0, 0.1) is 5.41 Å². The fraction of sp³-hybridized carbons (Fsp3) is 0.654. The molecule has 2 amide bonds. The van der Waals surface area contributed by atoms with Crippen LogP contribution in [0.2, 0.25) is 0 Å². The van der Waals surface area contributed by atoms with Gasteiger partial charge in [0.15, 0.2) is 5.78 Å². The SMILES string of the molecule is CC(C)(C)OC(=O)N1CCC[C@H]1C(=O)NCC(=O)C12CCC(c3ccc(Br)cc3)(CC1)CC2. The molecule has 4 aliphatic rings. The van der Waals surface area contributed by atoms with Crippen LogP contribution in [0.1, 0.15) is 77.7 Å². The number of hydrogen-bond acceptors (Lipinski definition) is 4. The molecule has 1 saturated heterocycles. The molecule has 7 heteroatoms. The number of nitrogens with one attached hydrogen (secondary N) is 1. The van der Waals surface area contributed by atoms with Gasteiger partial charge >= 0.3 is 6.09 Å². The van der Waals surface area contributed by atoms with Crippen molar-refractivity contribution in [1.29, 1.82) is 0 Å². The van der Waals surface area contributed by atoms with E-state index in [1.165, 1.54) is 10.5 Å². The van der Waals surface area contributed by atoms with E-state index in [4.69, 9.17) is 4.74 Å². The largest absolute Gasteiger partial charge is 0.444 e. The molecule has 2 bridgehead atoms. The first-order valence-corrected chi connectivity index (χ1v) is 12.9. The number of likely N-dealkylation sites (tertiary alicyclic amines) is 1. The summed E-state index contributed by atoms with van der Waals surface area (Å²) in [5.74, 6) is -0.110. The zero-order chi connectivity index (χ0) is 23.9. The number of ether oxygens (including phenoxy) is 1. The Bertz CT molecular complexity index is 897. The lowest BCUT2D eigenvalue weighted by Gasteiger charge is -2.53. The van der Waals surface area contributed by atoms with Crippen molar-refractivity contribution in [3.8, 4) is 0 Å². The molecule has 3 saturated carbocycles. The molecule has 0 unspecified atom stereocenters. The quantitative estimate of drug-likeness (QED) is 0.586. The van der Waals surface area contributed by atoms with Gasteiger partial charge in [0.2, 0.25) is 5.91 Å². The number of fused-ring (bicyclic) bond motifs is 3. The molecule has 1 heterocycles. The highest BCUT2D eigenvalue weighted by Crippen LogP contribution is 2.58. The third-order valence-electron chi connectivity index (χ3n) is 7.90. The number of benzene rings is 1. The summed E-state index contributed by atoms with van der Waals surface area (Å²) in [6.07, 6.45) is 6.58. The van der Waals surface area contributed by atoms with Gasteiger partial charge in [-0.1, -0.05) is 28.1 Å². The van der Waals surface area contributed by atoms with Crippen LogP contribution >= 0.6 is 15.9 Å². The number of halogens is 1. The Hall–Kier alpha value is -1.89. The summed E-state index contributed by atoms with van der Waals surface area (Å²) in [5, 5.41) is 2.85. The Morgan fingerprint density at radius 2 is 1.67 bits per heavy atom. The average Bonchev–Trinajstić information content (AvgIpc) is 3.28. The molecule has 0 radical (unpaired) electrons. The molecule has 3 aliphatic carbocycles. The lowest BCUT2D eigenvalue weighted by Crippen LogP contribution is -2.52. The van der Waals surface area contributed by atoms with E-state index in [1.807, 2.05) is 20.8 Å². The van der Waals surface area contributed by atoms with Gasteiger partial charge in [0.25, 0.3) is 0 Å². The van der Waals surface area contributed by atoms with Crippen molar-refractivity contribution in [2.75, 3.05) is 13.1 Å². The molecule has 4 fully saturated rings. The van der Waals surface area contributed by atoms with E-state index in [2.05, 4.69) is 45.5 Å². The zero-order valence-electron chi connectivity index (χ0n) is 19.9. The van der Waals surface area contributed by atoms with Crippen molar-refractivity contribution in [1.82, 2.24) is 10.2 Å². The van der Waals surface area contributed by atoms with E-state index in [1.54, 1.807) is 0 Å². The lowest BCUT2D eigenvalue weighted by molar-refractivity contribution is -0.137. The normalized spacial score (nSPS) is 29.1. The molecular weight excluding hydrogens is 484 g/mol. The summed E-state index contributed by atoms with van der Waals surface area (Å²) in [6, 6.07) is 8.06. The first kappa shape index (κ1) is 24.2. The topological polar surface area (TPSA) is 75.7 Å². The third-order valence-corrected chi connectivity index (χ3v) is 8.43. The first-order chi connectivity index (χ1) is 15.5. The van der Waals surface area contributed by atoms with E-state index in [9.17, 15) is 14.4 Å². The van der Waals surface area contributed by atoms with E-state index in [0.717, 1.165) is 49.4 Å². The molecule has 1 aromatic carbocycles. The van der Waals surface area contributed by atoms with Gasteiger partial charge in [-0.3, -0.25) is 14.5 Å². The minimum atomic E-state index is -0.608. The Morgan fingerprint density at radius 3 is 2.24 bits per heavy atom. The summed E-state index contributed by atoms with van der Waals surface area (Å²) < 4.78 is 6.54. The van der Waals surface area contributed by atoms with Crippen molar-refractivity contribution in [3.05, 3.63) is 34.3 Å². The number of amides is 2. The summed E-state index contributed by atoms with van der Waals surface area (Å²) in [4.78, 5) is 40.1. The number of ketones is 1. The number of carbonyl (C=O) groups is 3. The van der Waals surface area contributed by atoms with Gasteiger partial charge in [-0.25, -0.2) is 4.79 Å². The summed E-state index contributed by atoms with van der Waals surface area (Å²) in [7, 11) is 0. The second-order valence-corrected chi connectivity index (χ2v) is 12.0. The van der Waals surface area contributed by atoms with Gasteiger partial charge in [-0.05, 0) is 95.2 Å². The summed E-state index contributed by atoms with van der Waals surface area (Å²) in [6.45, 7) is 5.99. The third kappa shape index (κ3) is 4.98. The fourth-order valence-corrected chi connectivity index (χ4v) is 6.16. The van der Waals surface area contributed by atoms with E-state index in [0.29, 0.717) is 13.0 Å². The summed E-state index contributed by atoms with van der Waals surface area (Å²) >= 11 is 3.52. The van der Waals surface area contributed by atoms with Crippen LogP contribution in [-0.2, 0) is 19.7 Å². The molecule has 1 aromatic rings. The Kier molecular flexibility index (Phi) is 6.64. The molecular formula is C26H35BrN2O4. The minimum absolute atomic E-state index is 0.0444.